The van der Waals surface area contributed by atoms with E-state index >= 15 is 0 Å². The summed E-state index contributed by atoms with van der Waals surface area (Å²) in [6.45, 7) is 1.07. The number of rotatable bonds is 3. The first-order chi connectivity index (χ1) is 11.1. The van der Waals surface area contributed by atoms with Crippen LogP contribution in [-0.4, -0.2) is 41.5 Å². The first-order valence-electron chi connectivity index (χ1n) is 7.07. The number of ether oxygens (including phenoxy) is 1. The van der Waals surface area contributed by atoms with Crippen LogP contribution >= 0.6 is 11.6 Å². The van der Waals surface area contributed by atoms with Gasteiger partial charge < -0.3 is 15.4 Å². The Bertz CT molecular complexity index is 778. The summed E-state index contributed by atoms with van der Waals surface area (Å²) in [5, 5.41) is 4.23. The number of carbonyl (C=O) groups excluding carboxylic acids is 1. The molecular formula is C15H15ClN4O3. The number of para-hydroxylation sites is 1. The van der Waals surface area contributed by atoms with Crippen LogP contribution in [0.1, 0.15) is 0 Å². The fourth-order valence-electron chi connectivity index (χ4n) is 2.44. The summed E-state index contributed by atoms with van der Waals surface area (Å²) < 4.78 is 6.53. The Morgan fingerprint density at radius 1 is 1.35 bits per heavy atom. The lowest BCUT2D eigenvalue weighted by molar-refractivity contribution is -0.130. The van der Waals surface area contributed by atoms with E-state index in [0.29, 0.717) is 24.5 Å². The third-order valence-electron chi connectivity index (χ3n) is 3.63. The molecule has 1 atom stereocenters. The number of hydrogen-bond donors (Lipinski definition) is 1. The van der Waals surface area contributed by atoms with E-state index in [-0.39, 0.29) is 11.6 Å². The predicted molar refractivity (Wildman–Crippen MR) is 86.0 cm³/mol. The number of aromatic nitrogens is 2. The summed E-state index contributed by atoms with van der Waals surface area (Å²) in [4.78, 5) is 25.5. The molecule has 7 nitrogen and oxygen atoms in total. The fourth-order valence-corrected chi connectivity index (χ4v) is 2.69. The largest absolute Gasteiger partial charge is 0.367 e. The molecule has 1 aliphatic heterocycles. The Kier molecular flexibility index (Phi) is 4.31. The van der Waals surface area contributed by atoms with E-state index in [1.165, 1.54) is 10.9 Å². The minimum Gasteiger partial charge on any atom is -0.367 e. The second-order valence-electron chi connectivity index (χ2n) is 5.10. The van der Waals surface area contributed by atoms with Crippen LogP contribution in [-0.2, 0) is 9.53 Å². The van der Waals surface area contributed by atoms with E-state index in [4.69, 9.17) is 22.1 Å². The monoisotopic (exact) mass is 334 g/mol. The standard InChI is InChI=1S/C15H15ClN4O3/c16-13-11(19-6-7-23-12(9-19)14(17)21)8-18-20(15(13)22)10-4-2-1-3-5-10/h1-5,8,12H,6-7,9H2,(H2,17,21). The van der Waals surface area contributed by atoms with Crippen LogP contribution in [0.4, 0.5) is 5.69 Å². The van der Waals surface area contributed by atoms with Gasteiger partial charge in [0, 0.05) is 6.54 Å². The molecule has 1 aliphatic rings. The third-order valence-corrected chi connectivity index (χ3v) is 3.98. The highest BCUT2D eigenvalue weighted by Crippen LogP contribution is 2.23. The van der Waals surface area contributed by atoms with Crippen LogP contribution in [0.25, 0.3) is 5.69 Å². The molecule has 0 radical (unpaired) electrons. The highest BCUT2D eigenvalue weighted by molar-refractivity contribution is 6.33. The van der Waals surface area contributed by atoms with Crippen molar-refractivity contribution in [3.8, 4) is 5.69 Å². The van der Waals surface area contributed by atoms with Crippen molar-refractivity contribution in [2.45, 2.75) is 6.10 Å². The number of primary amides is 1. The third kappa shape index (κ3) is 3.06. The topological polar surface area (TPSA) is 90.5 Å². The summed E-state index contributed by atoms with van der Waals surface area (Å²) in [7, 11) is 0. The van der Waals surface area contributed by atoms with Gasteiger partial charge in [-0.15, -0.1) is 0 Å². The highest BCUT2D eigenvalue weighted by Gasteiger charge is 2.27. The van der Waals surface area contributed by atoms with Crippen molar-refractivity contribution in [3.63, 3.8) is 0 Å². The lowest BCUT2D eigenvalue weighted by Crippen LogP contribution is -2.49. The zero-order chi connectivity index (χ0) is 16.4. The van der Waals surface area contributed by atoms with Crippen LogP contribution in [0.2, 0.25) is 5.02 Å². The van der Waals surface area contributed by atoms with Gasteiger partial charge in [-0.1, -0.05) is 29.8 Å². The van der Waals surface area contributed by atoms with Gasteiger partial charge in [0.25, 0.3) is 5.56 Å². The molecule has 2 heterocycles. The molecule has 1 aromatic carbocycles. The van der Waals surface area contributed by atoms with Gasteiger partial charge in [-0.2, -0.15) is 9.78 Å². The van der Waals surface area contributed by atoms with Crippen molar-refractivity contribution >= 4 is 23.2 Å². The van der Waals surface area contributed by atoms with Crippen molar-refractivity contribution in [3.05, 3.63) is 51.9 Å². The molecule has 2 aromatic rings. The maximum Gasteiger partial charge on any atom is 0.292 e. The van der Waals surface area contributed by atoms with Crippen LogP contribution in [0.15, 0.2) is 41.3 Å². The van der Waals surface area contributed by atoms with Crippen molar-refractivity contribution in [2.75, 3.05) is 24.6 Å². The molecule has 1 amide bonds. The molecule has 8 heteroatoms. The predicted octanol–water partition coefficient (Wildman–Crippen LogP) is 0.576. The molecule has 2 N–H and O–H groups in total. The van der Waals surface area contributed by atoms with Gasteiger partial charge in [-0.25, -0.2) is 0 Å². The van der Waals surface area contributed by atoms with E-state index in [0.717, 1.165) is 0 Å². The molecular weight excluding hydrogens is 320 g/mol. The van der Waals surface area contributed by atoms with Gasteiger partial charge in [-0.3, -0.25) is 9.59 Å². The van der Waals surface area contributed by atoms with Crippen molar-refractivity contribution in [1.82, 2.24) is 9.78 Å². The minimum atomic E-state index is -0.726. The van der Waals surface area contributed by atoms with Gasteiger partial charge in [-0.05, 0) is 12.1 Å². The highest BCUT2D eigenvalue weighted by atomic mass is 35.5. The van der Waals surface area contributed by atoms with Gasteiger partial charge in [0.1, 0.15) is 5.02 Å². The number of amides is 1. The first kappa shape index (κ1) is 15.5. The van der Waals surface area contributed by atoms with Crippen LogP contribution in [0, 0.1) is 0 Å². The van der Waals surface area contributed by atoms with E-state index in [9.17, 15) is 9.59 Å². The number of benzene rings is 1. The lowest BCUT2D eigenvalue weighted by Gasteiger charge is -2.33. The first-order valence-corrected chi connectivity index (χ1v) is 7.45. The Labute approximate surface area is 137 Å². The molecule has 1 unspecified atom stereocenters. The van der Waals surface area contributed by atoms with Crippen LogP contribution in [0.5, 0.6) is 0 Å². The normalized spacial score (nSPS) is 18.0. The second-order valence-corrected chi connectivity index (χ2v) is 5.48. The zero-order valence-electron chi connectivity index (χ0n) is 12.2. The zero-order valence-corrected chi connectivity index (χ0v) is 12.9. The number of halogens is 1. The summed E-state index contributed by atoms with van der Waals surface area (Å²) in [6, 6.07) is 9.00. The molecule has 23 heavy (non-hydrogen) atoms. The molecule has 0 bridgehead atoms. The Morgan fingerprint density at radius 3 is 2.78 bits per heavy atom. The summed E-state index contributed by atoms with van der Waals surface area (Å²) >= 11 is 6.24. The summed E-state index contributed by atoms with van der Waals surface area (Å²) in [5.74, 6) is -0.545. The maximum atomic E-state index is 12.5. The molecule has 120 valence electrons. The Morgan fingerprint density at radius 2 is 2.09 bits per heavy atom. The summed E-state index contributed by atoms with van der Waals surface area (Å²) in [5.41, 5.74) is 5.95. The molecule has 1 saturated heterocycles. The van der Waals surface area contributed by atoms with E-state index in [2.05, 4.69) is 5.10 Å². The van der Waals surface area contributed by atoms with Crippen molar-refractivity contribution < 1.29 is 9.53 Å². The molecule has 1 aromatic heterocycles. The SMILES string of the molecule is NC(=O)C1CN(c2cnn(-c3ccccc3)c(=O)c2Cl)CCO1. The van der Waals surface area contributed by atoms with E-state index in [1.807, 2.05) is 18.2 Å². The Balaban J connectivity index is 1.95. The summed E-state index contributed by atoms with van der Waals surface area (Å²) in [6.07, 6.45) is 0.788. The van der Waals surface area contributed by atoms with Gasteiger partial charge in [0.05, 0.1) is 30.7 Å². The van der Waals surface area contributed by atoms with Gasteiger partial charge >= 0.3 is 0 Å². The Hall–Kier alpha value is -2.38. The smallest absolute Gasteiger partial charge is 0.292 e. The average Bonchev–Trinajstić information content (AvgIpc) is 2.58. The van der Waals surface area contributed by atoms with Crippen LogP contribution < -0.4 is 16.2 Å². The second kappa shape index (κ2) is 6.39. The van der Waals surface area contributed by atoms with E-state index < -0.39 is 17.6 Å². The quantitative estimate of drug-likeness (QED) is 0.886. The number of nitrogens with two attached hydrogens (primary N) is 1. The number of carbonyl (C=O) groups is 1. The molecule has 0 aliphatic carbocycles. The van der Waals surface area contributed by atoms with Gasteiger partial charge in [0.15, 0.2) is 6.10 Å². The number of morpholine rings is 1. The average molecular weight is 335 g/mol. The van der Waals surface area contributed by atoms with Gasteiger partial charge in [0.2, 0.25) is 5.91 Å². The number of anilines is 1. The van der Waals surface area contributed by atoms with Crippen molar-refractivity contribution in [2.24, 2.45) is 5.73 Å². The molecule has 0 spiro atoms. The van der Waals surface area contributed by atoms with Crippen LogP contribution in [0.3, 0.4) is 0 Å². The molecule has 1 fully saturated rings. The number of hydrogen-bond acceptors (Lipinski definition) is 5. The van der Waals surface area contributed by atoms with E-state index in [1.54, 1.807) is 17.0 Å². The lowest BCUT2D eigenvalue weighted by atomic mass is 10.2. The molecule has 0 saturated carbocycles. The van der Waals surface area contributed by atoms with Crippen molar-refractivity contribution in [1.29, 1.82) is 0 Å². The maximum absolute atomic E-state index is 12.5. The fraction of sp³-hybridized carbons (Fsp3) is 0.267. The minimum absolute atomic E-state index is 0.0500. The molecule has 3 rings (SSSR count). The number of nitrogens with zero attached hydrogens (tertiary/aromatic N) is 3.